The molecule has 1 aromatic heterocycles. The van der Waals surface area contributed by atoms with Crippen molar-refractivity contribution in [3.63, 3.8) is 0 Å². The summed E-state index contributed by atoms with van der Waals surface area (Å²) in [5, 5.41) is 10.1. The minimum Gasteiger partial charge on any atom is -0.310 e. The fraction of sp³-hybridized carbons (Fsp3) is 0.278. The Hall–Kier alpha value is -7.16. The first kappa shape index (κ1) is 49.1. The lowest BCUT2D eigenvalue weighted by molar-refractivity contribution is 0.569. The van der Waals surface area contributed by atoms with Gasteiger partial charge < -0.3 is 9.47 Å². The van der Waals surface area contributed by atoms with Gasteiger partial charge in [0.15, 0.2) is 0 Å². The molecule has 0 aliphatic carbocycles. The second-order valence-electron chi connectivity index (χ2n) is 26.5. The highest BCUT2D eigenvalue weighted by atomic mass is 15.1. The van der Waals surface area contributed by atoms with Crippen LogP contribution < -0.4 is 4.90 Å². The highest BCUT2D eigenvalue weighted by Crippen LogP contribution is 2.48. The molecule has 0 saturated carbocycles. The molecular formula is C72H74N2. The van der Waals surface area contributed by atoms with Gasteiger partial charge >= 0.3 is 0 Å². The van der Waals surface area contributed by atoms with Crippen molar-refractivity contribution < 1.29 is 0 Å². The van der Waals surface area contributed by atoms with Crippen molar-refractivity contribution in [1.82, 2.24) is 4.57 Å². The van der Waals surface area contributed by atoms with Gasteiger partial charge in [0.2, 0.25) is 0 Å². The fourth-order valence-electron chi connectivity index (χ4n) is 11.3. The van der Waals surface area contributed by atoms with E-state index in [0.29, 0.717) is 0 Å². The summed E-state index contributed by atoms with van der Waals surface area (Å²) in [6.07, 6.45) is 0. The summed E-state index contributed by atoms with van der Waals surface area (Å²) in [5.74, 6) is 0. The summed E-state index contributed by atoms with van der Waals surface area (Å²) in [7, 11) is 0. The average molecular weight is 967 g/mol. The molecule has 2 heteroatoms. The lowest BCUT2D eigenvalue weighted by Crippen LogP contribution is -2.16. The number of hydrogen-bond donors (Lipinski definition) is 0. The molecule has 0 spiro atoms. The van der Waals surface area contributed by atoms with Crippen LogP contribution in [0.4, 0.5) is 17.1 Å². The van der Waals surface area contributed by atoms with Crippen LogP contribution in [0.2, 0.25) is 0 Å². The topological polar surface area (TPSA) is 8.17 Å². The van der Waals surface area contributed by atoms with Crippen LogP contribution in [0.5, 0.6) is 0 Å². The van der Waals surface area contributed by atoms with Gasteiger partial charge in [0.25, 0.3) is 0 Å². The maximum atomic E-state index is 2.53. The molecule has 0 radical (unpaired) electrons. The molecule has 0 fully saturated rings. The molecule has 0 aliphatic rings. The third-order valence-corrected chi connectivity index (χ3v) is 15.9. The highest BCUT2D eigenvalue weighted by Gasteiger charge is 2.26. The van der Waals surface area contributed by atoms with E-state index in [2.05, 4.69) is 289 Å². The van der Waals surface area contributed by atoms with Crippen molar-refractivity contribution in [1.29, 1.82) is 0 Å². The van der Waals surface area contributed by atoms with Crippen LogP contribution in [0.3, 0.4) is 0 Å². The molecule has 10 aromatic carbocycles. The number of aromatic nitrogens is 1. The van der Waals surface area contributed by atoms with E-state index in [4.69, 9.17) is 0 Å². The van der Waals surface area contributed by atoms with E-state index < -0.39 is 0 Å². The van der Waals surface area contributed by atoms with Crippen molar-refractivity contribution in [3.05, 3.63) is 204 Å². The number of anilines is 3. The predicted octanol–water partition coefficient (Wildman–Crippen LogP) is 21.0. The summed E-state index contributed by atoms with van der Waals surface area (Å²) >= 11 is 0. The van der Waals surface area contributed by atoms with E-state index in [9.17, 15) is 0 Å². The number of nitrogens with zero attached hydrogens (tertiary/aromatic N) is 2. The Bertz CT molecular complexity index is 3830. The number of benzene rings is 10. The molecule has 0 aliphatic heterocycles. The number of rotatable bonds is 6. The lowest BCUT2D eigenvalue weighted by atomic mass is 9.79. The molecular weight excluding hydrogens is 893 g/mol. The molecule has 11 rings (SSSR count). The predicted molar refractivity (Wildman–Crippen MR) is 324 cm³/mol. The minimum atomic E-state index is 0.00315. The highest BCUT2D eigenvalue weighted by molar-refractivity contribution is 6.27. The molecule has 74 heavy (non-hydrogen) atoms. The van der Waals surface area contributed by atoms with E-state index >= 15 is 0 Å². The minimum absolute atomic E-state index is 0.00315. The second-order valence-corrected chi connectivity index (χ2v) is 26.5. The summed E-state index contributed by atoms with van der Waals surface area (Å²) in [4.78, 5) is 2.49. The average Bonchev–Trinajstić information content (AvgIpc) is 3.68. The molecule has 0 saturated heterocycles. The van der Waals surface area contributed by atoms with Crippen LogP contribution >= 0.6 is 0 Å². The molecule has 0 amide bonds. The van der Waals surface area contributed by atoms with E-state index in [1.807, 2.05) is 0 Å². The first-order chi connectivity index (χ1) is 34.8. The zero-order valence-electron chi connectivity index (χ0n) is 46.6. The Balaban J connectivity index is 1.13. The molecule has 1 heterocycles. The van der Waals surface area contributed by atoms with Gasteiger partial charge in [-0.25, -0.2) is 0 Å². The Morgan fingerprint density at radius 3 is 1.28 bits per heavy atom. The van der Waals surface area contributed by atoms with Gasteiger partial charge in [-0.05, 0) is 159 Å². The normalized spacial score (nSPS) is 13.1. The first-order valence-electron chi connectivity index (χ1n) is 26.9. The summed E-state index contributed by atoms with van der Waals surface area (Å²) in [5.41, 5.74) is 18.8. The van der Waals surface area contributed by atoms with Crippen LogP contribution in [0, 0.1) is 0 Å². The van der Waals surface area contributed by atoms with Gasteiger partial charge in [0.1, 0.15) is 0 Å². The first-order valence-corrected chi connectivity index (χ1v) is 26.9. The maximum absolute atomic E-state index is 2.53. The quantitative estimate of drug-likeness (QED) is 0.151. The molecule has 2 nitrogen and oxygen atoms in total. The van der Waals surface area contributed by atoms with Gasteiger partial charge in [-0.3, -0.25) is 0 Å². The van der Waals surface area contributed by atoms with Crippen molar-refractivity contribution in [2.24, 2.45) is 0 Å². The fourth-order valence-corrected chi connectivity index (χ4v) is 11.3. The molecule has 0 atom stereocenters. The van der Waals surface area contributed by atoms with Gasteiger partial charge in [-0.15, -0.1) is 0 Å². The summed E-state index contributed by atoms with van der Waals surface area (Å²) in [6.45, 7) is 34.7. The molecule has 0 unspecified atom stereocenters. The summed E-state index contributed by atoms with van der Waals surface area (Å²) in [6, 6.07) is 67.9. The molecule has 0 bridgehead atoms. The number of hydrogen-bond acceptors (Lipinski definition) is 1. The number of fused-ring (bicyclic) bond motifs is 3. The van der Waals surface area contributed by atoms with Gasteiger partial charge in [-0.2, -0.15) is 0 Å². The Morgan fingerprint density at radius 1 is 0.297 bits per heavy atom. The van der Waals surface area contributed by atoms with Crippen LogP contribution in [0.1, 0.15) is 132 Å². The van der Waals surface area contributed by atoms with Gasteiger partial charge in [0, 0.05) is 32.9 Å². The van der Waals surface area contributed by atoms with Crippen LogP contribution in [-0.4, -0.2) is 4.57 Å². The Labute approximate surface area is 441 Å². The third kappa shape index (κ3) is 8.64. The Morgan fingerprint density at radius 2 is 0.757 bits per heavy atom. The summed E-state index contributed by atoms with van der Waals surface area (Å²) < 4.78 is 2.53. The van der Waals surface area contributed by atoms with E-state index in [1.54, 1.807) is 0 Å². The van der Waals surface area contributed by atoms with E-state index in [0.717, 1.165) is 17.1 Å². The van der Waals surface area contributed by atoms with Crippen molar-refractivity contribution >= 4 is 71.2 Å². The zero-order chi connectivity index (χ0) is 52.4. The van der Waals surface area contributed by atoms with E-state index in [1.165, 1.54) is 110 Å². The Kier molecular flexibility index (Phi) is 11.4. The van der Waals surface area contributed by atoms with Crippen LogP contribution in [-0.2, 0) is 27.1 Å². The van der Waals surface area contributed by atoms with E-state index in [-0.39, 0.29) is 27.1 Å². The standard InChI is InChI=1S/C72H74N2/c1-68(2,3)51-27-19-45(20-28-51)46-21-31-56(32-22-46)73(57-18-16-17-49(41-57)50-39-54(71(10,11)12)42-55(40-50)72(13,14)15)62-35-25-47-24-34-59-63(36-26-48-23-33-58(62)66(47)67(48)59)74-64-37-29-52(69(4,5)6)43-60(64)61-44-53(70(7,8)9)30-38-65(61)74/h16-44H,1-15H3. The maximum Gasteiger partial charge on any atom is 0.0541 e. The van der Waals surface area contributed by atoms with Gasteiger partial charge in [0.05, 0.1) is 22.4 Å². The van der Waals surface area contributed by atoms with Crippen molar-refractivity contribution in [3.8, 4) is 27.9 Å². The molecule has 372 valence electrons. The zero-order valence-corrected chi connectivity index (χ0v) is 46.6. The van der Waals surface area contributed by atoms with Crippen molar-refractivity contribution in [2.75, 3.05) is 4.90 Å². The molecule has 11 aromatic rings. The van der Waals surface area contributed by atoms with Crippen molar-refractivity contribution in [2.45, 2.75) is 131 Å². The smallest absolute Gasteiger partial charge is 0.0541 e. The third-order valence-electron chi connectivity index (χ3n) is 15.9. The van der Waals surface area contributed by atoms with Crippen LogP contribution in [0.25, 0.3) is 82.1 Å². The lowest BCUT2D eigenvalue weighted by Gasteiger charge is -2.29. The SMILES string of the molecule is CC(C)(C)c1ccc(-c2ccc(N(c3cccc(-c4cc(C(C)(C)C)cc(C(C)(C)C)c4)c3)c3ccc4ccc5c(-n6c7ccc(C(C)(C)C)cc7c7cc(C(C)(C)C)ccc76)ccc6ccc3c4c65)cc2)cc1. The monoisotopic (exact) mass is 967 g/mol. The van der Waals surface area contributed by atoms with Gasteiger partial charge in [-0.1, -0.05) is 219 Å². The largest absolute Gasteiger partial charge is 0.310 e. The second kappa shape index (κ2) is 17.2. The van der Waals surface area contributed by atoms with Crippen LogP contribution in [0.15, 0.2) is 176 Å². The molecule has 0 N–H and O–H groups in total.